The van der Waals surface area contributed by atoms with Crippen molar-refractivity contribution in [3.63, 3.8) is 0 Å². The van der Waals surface area contributed by atoms with E-state index in [2.05, 4.69) is 0 Å². The molecule has 6 nitrogen and oxygen atoms in total. The second-order valence-electron chi connectivity index (χ2n) is 7.23. The third-order valence-corrected chi connectivity index (χ3v) is 6.02. The molecule has 0 unspecified atom stereocenters. The van der Waals surface area contributed by atoms with Crippen LogP contribution in [0.5, 0.6) is 11.5 Å². The molecule has 0 radical (unpaired) electrons. The van der Waals surface area contributed by atoms with Gasteiger partial charge in [-0.05, 0) is 44.1 Å². The van der Waals surface area contributed by atoms with Crippen LogP contribution in [-0.4, -0.2) is 48.6 Å². The lowest BCUT2D eigenvalue weighted by atomic mass is 9.53. The zero-order valence-electron chi connectivity index (χ0n) is 23.5. The molecule has 1 saturated heterocycles. The Morgan fingerprint density at radius 2 is 2.30 bits per heavy atom. The summed E-state index contributed by atoms with van der Waals surface area (Å²) in [5.74, 6) is -4.41. The number of carbonyl (C=O) groups is 2. The van der Waals surface area contributed by atoms with E-state index in [0.29, 0.717) is 18.5 Å². The molecule has 0 N–H and O–H groups in total. The quantitative estimate of drug-likeness (QED) is 0.446. The van der Waals surface area contributed by atoms with E-state index in [-0.39, 0.29) is 29.8 Å². The Morgan fingerprint density at radius 3 is 3.11 bits per heavy atom. The normalized spacial score (nSPS) is 46.1. The minimum absolute atomic E-state index is 0.214. The number of rotatable bonds is 2. The molecule has 2 aliphatic carbocycles. The van der Waals surface area contributed by atoms with Crippen LogP contribution in [0.3, 0.4) is 0 Å². The van der Waals surface area contributed by atoms with Crippen LogP contribution in [0.4, 0.5) is 0 Å². The van der Waals surface area contributed by atoms with Crippen LogP contribution in [-0.2, 0) is 26.2 Å². The third kappa shape index (κ3) is 2.16. The van der Waals surface area contributed by atoms with Gasteiger partial charge in [0.15, 0.2) is 17.6 Å². The fourth-order valence-corrected chi connectivity index (χ4v) is 5.05. The monoisotopic (exact) mass is 378 g/mol. The predicted molar refractivity (Wildman–Crippen MR) is 96.8 cm³/mol. The zero-order chi connectivity index (χ0) is 26.6. The van der Waals surface area contributed by atoms with Crippen LogP contribution in [0.15, 0.2) is 24.2 Å². The molecule has 2 heterocycles. The lowest BCUT2D eigenvalue weighted by molar-refractivity contribution is -0.152. The molecular weight excluding hydrogens is 346 g/mol. The fourth-order valence-electron chi connectivity index (χ4n) is 5.05. The van der Waals surface area contributed by atoms with Gasteiger partial charge in [-0.25, -0.2) is 0 Å². The largest absolute Gasteiger partial charge is 0.481 e. The maximum atomic E-state index is 12.3. The fraction of sp³-hybridized carbons (Fsp3) is 0.524. The van der Waals surface area contributed by atoms with Crippen molar-refractivity contribution in [3.8, 4) is 11.5 Å². The van der Waals surface area contributed by atoms with E-state index in [1.165, 1.54) is 6.08 Å². The molecule has 1 spiro atoms. The number of hydrogen-bond donors (Lipinski definition) is 0. The first-order valence-electron chi connectivity index (χ1n) is 13.3. The highest BCUT2D eigenvalue weighted by molar-refractivity contribution is 5.73. The van der Waals surface area contributed by atoms with E-state index in [1.807, 2.05) is 11.9 Å². The van der Waals surface area contributed by atoms with E-state index < -0.39 is 61.0 Å². The van der Waals surface area contributed by atoms with Gasteiger partial charge in [0, 0.05) is 43.5 Å². The maximum Gasteiger partial charge on any atom is 0.308 e. The molecule has 2 aliphatic heterocycles. The number of likely N-dealkylation sites (tertiary alicyclic amines) is 1. The number of piperidine rings is 1. The van der Waals surface area contributed by atoms with Gasteiger partial charge >= 0.3 is 11.9 Å². The highest BCUT2D eigenvalue weighted by Gasteiger charge is 2.65. The summed E-state index contributed by atoms with van der Waals surface area (Å²) in [7, 11) is 1.88. The first-order chi connectivity index (χ1) is 16.6. The Bertz CT molecular complexity index is 1220. The van der Waals surface area contributed by atoms with E-state index in [0.717, 1.165) is 0 Å². The second-order valence-corrected chi connectivity index (χ2v) is 7.23. The third-order valence-electron chi connectivity index (χ3n) is 6.02. The van der Waals surface area contributed by atoms with Crippen molar-refractivity contribution in [2.45, 2.75) is 50.2 Å². The SMILES string of the molecule is [2H]c1c([2H])c(OC(=O)C([2H])([2H])[2H])c2c3c1C[C@@H]1[C@@H]4C=C[C@]([2H])(OC(=O)C([2H])[2H])[C@]([2H])(O2)[C@]34CCN1C. The lowest BCUT2D eigenvalue weighted by Gasteiger charge is -2.56. The second kappa shape index (κ2) is 5.58. The summed E-state index contributed by atoms with van der Waals surface area (Å²) in [5, 5.41) is 0. The number of hydrogen-bond acceptors (Lipinski definition) is 6. The number of likely N-dealkylation sites (N-methyl/N-ethyl adjacent to an activating group) is 1. The summed E-state index contributed by atoms with van der Waals surface area (Å²) in [6.07, 6.45) is -1.62. The molecule has 6 heteroatoms. The maximum absolute atomic E-state index is 12.3. The summed E-state index contributed by atoms with van der Waals surface area (Å²) in [6, 6.07) is -1.16. The lowest BCUT2D eigenvalue weighted by Crippen LogP contribution is -2.65. The molecule has 0 saturated carbocycles. The van der Waals surface area contributed by atoms with Gasteiger partial charge in [-0.1, -0.05) is 12.1 Å². The number of esters is 2. The van der Waals surface area contributed by atoms with Crippen molar-refractivity contribution in [3.05, 3.63) is 35.4 Å². The van der Waals surface area contributed by atoms with Crippen molar-refractivity contribution in [2.75, 3.05) is 13.6 Å². The average molecular weight is 378 g/mol. The van der Waals surface area contributed by atoms with Crippen molar-refractivity contribution < 1.29 is 36.1 Å². The Kier molecular flexibility index (Phi) is 2.01. The van der Waals surface area contributed by atoms with Crippen molar-refractivity contribution in [1.82, 2.24) is 4.90 Å². The molecule has 142 valence electrons. The molecule has 27 heavy (non-hydrogen) atoms. The van der Waals surface area contributed by atoms with E-state index in [4.69, 9.17) is 25.2 Å². The Balaban J connectivity index is 1.79. The first kappa shape index (κ1) is 9.73. The summed E-state index contributed by atoms with van der Waals surface area (Å²) < 4.78 is 88.7. The van der Waals surface area contributed by atoms with E-state index >= 15 is 0 Å². The highest BCUT2D eigenvalue weighted by Crippen LogP contribution is 2.62. The predicted octanol–water partition coefficient (Wildman–Crippen LogP) is 1.99. The minimum Gasteiger partial charge on any atom is -0.481 e. The van der Waals surface area contributed by atoms with Crippen LogP contribution in [0.25, 0.3) is 0 Å². The molecule has 0 aromatic heterocycles. The van der Waals surface area contributed by atoms with Crippen LogP contribution in [0.1, 0.15) is 43.6 Å². The van der Waals surface area contributed by atoms with Crippen LogP contribution >= 0.6 is 0 Å². The van der Waals surface area contributed by atoms with Crippen LogP contribution < -0.4 is 9.47 Å². The molecule has 0 amide bonds. The molecule has 2 bridgehead atoms. The van der Waals surface area contributed by atoms with Gasteiger partial charge < -0.3 is 19.1 Å². The summed E-state index contributed by atoms with van der Waals surface area (Å²) in [6.45, 7) is -4.80. The van der Waals surface area contributed by atoms with E-state index in [1.54, 1.807) is 6.08 Å². The summed E-state index contributed by atoms with van der Waals surface area (Å²) in [5.41, 5.74) is -0.756. The summed E-state index contributed by atoms with van der Waals surface area (Å²) >= 11 is 0. The Labute approximate surface area is 170 Å². The first-order valence-corrected chi connectivity index (χ1v) is 8.64. The van der Waals surface area contributed by atoms with Gasteiger partial charge in [0.25, 0.3) is 0 Å². The van der Waals surface area contributed by atoms with Crippen molar-refractivity contribution in [1.29, 1.82) is 0 Å². The van der Waals surface area contributed by atoms with Crippen LogP contribution in [0.2, 0.25) is 0 Å². The van der Waals surface area contributed by atoms with Gasteiger partial charge in [-0.3, -0.25) is 9.59 Å². The topological polar surface area (TPSA) is 65.1 Å². The zero-order valence-corrected chi connectivity index (χ0v) is 14.5. The molecule has 5 atom stereocenters. The molecule has 1 aromatic rings. The van der Waals surface area contributed by atoms with E-state index in [9.17, 15) is 11.0 Å². The smallest absolute Gasteiger partial charge is 0.308 e. The standard InChI is InChI=1S/C21H23NO5/c1-11(23)25-16-6-4-13-10-15-14-5-7-17(26-12(2)24)20-21(14,8-9-22(15)3)18(13)19(16)27-20/h4-7,14-15,17,20H,8-10H2,1-3H3/t14-,15+,17-,20-,21-/m0/s1/i1D3,2D2,4D,6D,17D,20D. The highest BCUT2D eigenvalue weighted by atomic mass is 16.6. The van der Waals surface area contributed by atoms with Gasteiger partial charge in [0.05, 0.1) is 5.48 Å². The van der Waals surface area contributed by atoms with Gasteiger partial charge in [-0.15, -0.1) is 0 Å². The van der Waals surface area contributed by atoms with Gasteiger partial charge in [0.2, 0.25) is 0 Å². The Morgan fingerprint density at radius 1 is 1.41 bits per heavy atom. The van der Waals surface area contributed by atoms with Gasteiger partial charge in [0.1, 0.15) is 6.08 Å². The average Bonchev–Trinajstić information content (AvgIpc) is 3.06. The number of ether oxygens (including phenoxy) is 3. The summed E-state index contributed by atoms with van der Waals surface area (Å²) in [4.78, 5) is 26.5. The van der Waals surface area contributed by atoms with Crippen LogP contribution in [0, 0.1) is 5.92 Å². The Hall–Kier alpha value is -2.34. The molecular formula is C21H23NO5. The molecule has 4 aliphatic rings. The minimum atomic E-state index is -3.17. The van der Waals surface area contributed by atoms with Crippen molar-refractivity contribution >= 4 is 11.9 Å². The number of carbonyl (C=O) groups excluding carboxylic acids is 2. The van der Waals surface area contributed by atoms with Crippen molar-refractivity contribution in [2.24, 2.45) is 5.92 Å². The molecule has 5 rings (SSSR count). The molecule has 1 aromatic carbocycles. The number of nitrogens with zero attached hydrogens (tertiary/aromatic N) is 1. The van der Waals surface area contributed by atoms with Gasteiger partial charge in [-0.2, -0.15) is 0 Å². The number of benzene rings is 1. The molecule has 1 fully saturated rings.